The van der Waals surface area contributed by atoms with E-state index < -0.39 is 15.6 Å². The second-order valence-corrected chi connectivity index (χ2v) is 7.45. The van der Waals surface area contributed by atoms with E-state index in [0.717, 1.165) is 40.0 Å². The van der Waals surface area contributed by atoms with Gasteiger partial charge in [0.15, 0.2) is 0 Å². The summed E-state index contributed by atoms with van der Waals surface area (Å²) in [4.78, 5) is 15.2. The number of aromatic amines is 1. The minimum atomic E-state index is -5.84. The summed E-state index contributed by atoms with van der Waals surface area (Å²) in [6.07, 6.45) is 2.72. The topological polar surface area (TPSA) is 106 Å². The van der Waals surface area contributed by atoms with E-state index in [0.29, 0.717) is 0 Å². The highest BCUT2D eigenvalue weighted by molar-refractivity contribution is 7.86. The van der Waals surface area contributed by atoms with Crippen LogP contribution in [-0.4, -0.2) is 37.7 Å². The molecule has 0 saturated carbocycles. The smallest absolute Gasteiger partial charge is 0.501 e. The number of H-pyrrole nitrogens is 1. The molecule has 2 N–H and O–H groups in total. The third-order valence-corrected chi connectivity index (χ3v) is 4.75. The van der Waals surface area contributed by atoms with Gasteiger partial charge in [-0.2, -0.15) is 21.6 Å². The van der Waals surface area contributed by atoms with E-state index in [1.165, 1.54) is 0 Å². The van der Waals surface area contributed by atoms with Crippen molar-refractivity contribution in [3.8, 4) is 5.75 Å². The number of methoxy groups -OCH3 is 2. The van der Waals surface area contributed by atoms with Crippen LogP contribution in [0.25, 0.3) is 17.0 Å². The van der Waals surface area contributed by atoms with Crippen molar-refractivity contribution in [3.63, 3.8) is 0 Å². The molecule has 1 aromatic carbocycles. The molecule has 0 radical (unpaired) electrons. The lowest BCUT2D eigenvalue weighted by molar-refractivity contribution is -0.0510. The van der Waals surface area contributed by atoms with Crippen LogP contribution >= 0.6 is 0 Å². The number of pyridine rings is 1. The Morgan fingerprint density at radius 1 is 1.21 bits per heavy atom. The summed E-state index contributed by atoms with van der Waals surface area (Å²) in [5.41, 5.74) is -2.97. The number of fused-ring (bicyclic) bond motifs is 3. The number of halogens is 3. The van der Waals surface area contributed by atoms with Crippen molar-refractivity contribution < 1.29 is 35.6 Å². The Morgan fingerprint density at radius 2 is 1.82 bits per heavy atom. The summed E-state index contributed by atoms with van der Waals surface area (Å²) >= 11 is 0. The predicted molar refractivity (Wildman–Crippen MR) is 96.7 cm³/mol. The summed E-state index contributed by atoms with van der Waals surface area (Å²) < 4.78 is 68.2. The van der Waals surface area contributed by atoms with Gasteiger partial charge in [0.2, 0.25) is 0 Å². The largest absolute Gasteiger partial charge is 0.522 e. The maximum absolute atomic E-state index is 12.3. The summed E-state index contributed by atoms with van der Waals surface area (Å²) in [6.45, 7) is 2.05. The second kappa shape index (κ2) is 7.84. The molecular weight excluding hydrogens is 403 g/mol. The number of allylic oxidation sites excluding steroid dienone is 1. The monoisotopic (exact) mass is 421 g/mol. The number of ether oxygens (including phenoxy) is 2. The molecule has 0 amide bonds. The Balaban J connectivity index is 0.000000300. The number of rotatable bonds is 2. The molecule has 1 aliphatic carbocycles. The van der Waals surface area contributed by atoms with E-state index in [9.17, 15) is 18.0 Å². The average Bonchev–Trinajstić information content (AvgIpc) is 2.59. The fourth-order valence-corrected chi connectivity index (χ4v) is 2.85. The van der Waals surface area contributed by atoms with Crippen molar-refractivity contribution in [1.82, 2.24) is 4.98 Å². The van der Waals surface area contributed by atoms with Crippen LogP contribution in [0, 0.1) is 0 Å². The Hall–Kier alpha value is -2.53. The van der Waals surface area contributed by atoms with Gasteiger partial charge in [0.1, 0.15) is 5.75 Å². The van der Waals surface area contributed by atoms with E-state index in [1.54, 1.807) is 14.2 Å². The lowest BCUT2D eigenvalue weighted by Crippen LogP contribution is -2.21. The standard InChI is InChI=1S/C16H17NO3.CHF3O3S/c1-9-6-11(20-3)8-13-12-7-10(19-2)4-5-14(12)17-16(18)15(9)13;2-1(3,4)8(5,6)7/h4-5,7-9H,6H2,1-3H3,(H,17,18);(H,5,6,7)/t9-;/m0./s1. The molecule has 154 valence electrons. The van der Waals surface area contributed by atoms with Crippen LogP contribution < -0.4 is 10.3 Å². The van der Waals surface area contributed by atoms with Crippen LogP contribution in [0.15, 0.2) is 28.8 Å². The van der Waals surface area contributed by atoms with Crippen LogP contribution in [-0.2, 0) is 14.9 Å². The van der Waals surface area contributed by atoms with Crippen molar-refractivity contribution in [1.29, 1.82) is 0 Å². The molecule has 1 heterocycles. The Morgan fingerprint density at radius 3 is 2.32 bits per heavy atom. The van der Waals surface area contributed by atoms with Gasteiger partial charge in [-0.3, -0.25) is 9.35 Å². The molecule has 2 aromatic rings. The third-order valence-electron chi connectivity index (χ3n) is 4.16. The number of alkyl halides is 3. The van der Waals surface area contributed by atoms with E-state index in [4.69, 9.17) is 22.4 Å². The van der Waals surface area contributed by atoms with E-state index in [-0.39, 0.29) is 11.5 Å². The number of aromatic nitrogens is 1. The summed E-state index contributed by atoms with van der Waals surface area (Å²) in [7, 11) is -2.54. The van der Waals surface area contributed by atoms with Crippen LogP contribution in [0.2, 0.25) is 0 Å². The first-order valence-corrected chi connectivity index (χ1v) is 9.35. The predicted octanol–water partition coefficient (Wildman–Crippen LogP) is 3.43. The maximum Gasteiger partial charge on any atom is 0.522 e. The number of benzene rings is 1. The first kappa shape index (κ1) is 21.8. The van der Waals surface area contributed by atoms with Gasteiger partial charge in [-0.1, -0.05) is 6.92 Å². The molecule has 0 spiro atoms. The normalized spacial score (nSPS) is 16.5. The highest BCUT2D eigenvalue weighted by Gasteiger charge is 2.44. The zero-order valence-electron chi connectivity index (χ0n) is 15.1. The summed E-state index contributed by atoms with van der Waals surface area (Å²) in [5, 5.41) is 0.986. The quantitative estimate of drug-likeness (QED) is 0.569. The molecule has 0 unspecified atom stereocenters. The third kappa shape index (κ3) is 4.47. The molecule has 0 saturated heterocycles. The molecule has 1 aromatic heterocycles. The van der Waals surface area contributed by atoms with Crippen LogP contribution in [0.4, 0.5) is 13.2 Å². The lowest BCUT2D eigenvalue weighted by atomic mass is 9.86. The van der Waals surface area contributed by atoms with Crippen molar-refractivity contribution in [2.75, 3.05) is 14.2 Å². The number of hydrogen-bond donors (Lipinski definition) is 2. The molecule has 0 fully saturated rings. The molecule has 0 bridgehead atoms. The van der Waals surface area contributed by atoms with Crippen molar-refractivity contribution in [3.05, 3.63) is 45.4 Å². The molecule has 1 atom stereocenters. The summed E-state index contributed by atoms with van der Waals surface area (Å²) in [6, 6.07) is 5.67. The maximum atomic E-state index is 12.3. The van der Waals surface area contributed by atoms with Gasteiger partial charge in [-0.25, -0.2) is 0 Å². The fraction of sp³-hybridized carbons (Fsp3) is 0.353. The number of hydrogen-bond acceptors (Lipinski definition) is 5. The minimum Gasteiger partial charge on any atom is -0.501 e. The molecular formula is C17H18F3NO6S. The van der Waals surface area contributed by atoms with Crippen molar-refractivity contribution in [2.24, 2.45) is 0 Å². The highest BCUT2D eigenvalue weighted by atomic mass is 32.2. The Kier molecular flexibility index (Phi) is 6.09. The van der Waals surface area contributed by atoms with E-state index in [2.05, 4.69) is 4.98 Å². The van der Waals surface area contributed by atoms with Gasteiger partial charge < -0.3 is 14.5 Å². The molecule has 0 aliphatic heterocycles. The van der Waals surface area contributed by atoms with Crippen LogP contribution in [0.1, 0.15) is 30.4 Å². The number of nitrogens with one attached hydrogen (secondary N) is 1. The van der Waals surface area contributed by atoms with Crippen molar-refractivity contribution >= 4 is 27.1 Å². The van der Waals surface area contributed by atoms with Gasteiger partial charge in [-0.15, -0.1) is 0 Å². The average molecular weight is 421 g/mol. The van der Waals surface area contributed by atoms with E-state index in [1.807, 2.05) is 31.2 Å². The Labute approximate surface area is 158 Å². The molecule has 7 nitrogen and oxygen atoms in total. The van der Waals surface area contributed by atoms with Crippen molar-refractivity contribution in [2.45, 2.75) is 24.8 Å². The van der Waals surface area contributed by atoms with Crippen LogP contribution in [0.3, 0.4) is 0 Å². The first-order chi connectivity index (χ1) is 12.9. The van der Waals surface area contributed by atoms with Gasteiger partial charge in [0.25, 0.3) is 5.56 Å². The van der Waals surface area contributed by atoms with Gasteiger partial charge in [-0.05, 0) is 35.8 Å². The highest BCUT2D eigenvalue weighted by Crippen LogP contribution is 2.35. The first-order valence-electron chi connectivity index (χ1n) is 7.91. The second-order valence-electron chi connectivity index (χ2n) is 6.03. The zero-order chi connectivity index (χ0) is 21.3. The van der Waals surface area contributed by atoms with Gasteiger partial charge in [0, 0.05) is 22.9 Å². The molecule has 28 heavy (non-hydrogen) atoms. The van der Waals surface area contributed by atoms with Gasteiger partial charge in [0.05, 0.1) is 20.0 Å². The minimum absolute atomic E-state index is 0.0171. The fourth-order valence-electron chi connectivity index (χ4n) is 2.85. The Bertz CT molecular complexity index is 1070. The zero-order valence-corrected chi connectivity index (χ0v) is 15.9. The lowest BCUT2D eigenvalue weighted by Gasteiger charge is -2.22. The van der Waals surface area contributed by atoms with E-state index >= 15 is 0 Å². The SMILES string of the molecule is COC1=Cc2c(c(=O)[nH]c3ccc(OC)cc23)[C@@H](C)C1.O=S(=O)(O)C(F)(F)F. The molecule has 3 rings (SSSR count). The molecule has 1 aliphatic rings. The van der Waals surface area contributed by atoms with Crippen LogP contribution in [0.5, 0.6) is 5.75 Å². The summed E-state index contributed by atoms with van der Waals surface area (Å²) in [5.74, 6) is 1.82. The van der Waals surface area contributed by atoms with Gasteiger partial charge >= 0.3 is 15.6 Å². The molecule has 11 heteroatoms.